The Balaban J connectivity index is 0.00000272. The molecule has 2 aromatic rings. The Morgan fingerprint density at radius 3 is 2.77 bits per heavy atom. The molecule has 31 heavy (non-hydrogen) atoms. The lowest BCUT2D eigenvalue weighted by Gasteiger charge is -2.31. The van der Waals surface area contributed by atoms with Crippen molar-refractivity contribution in [2.75, 3.05) is 31.6 Å². The average Bonchev–Trinajstić information content (AvgIpc) is 3.19. The minimum atomic E-state index is -0.174. The third-order valence-corrected chi connectivity index (χ3v) is 6.11. The van der Waals surface area contributed by atoms with E-state index in [0.717, 1.165) is 57.9 Å². The van der Waals surface area contributed by atoms with Crippen LogP contribution in [0.4, 0.5) is 5.69 Å². The minimum absolute atomic E-state index is 0. The highest BCUT2D eigenvalue weighted by Crippen LogP contribution is 2.27. The fourth-order valence-electron chi connectivity index (χ4n) is 4.56. The van der Waals surface area contributed by atoms with Crippen molar-refractivity contribution in [1.29, 1.82) is 0 Å². The molecule has 2 aliphatic heterocycles. The van der Waals surface area contributed by atoms with Crippen LogP contribution < -0.4 is 16.0 Å². The summed E-state index contributed by atoms with van der Waals surface area (Å²) in [6.45, 7) is 4.32. The second-order valence-corrected chi connectivity index (χ2v) is 8.23. The molecule has 4 rings (SSSR count). The number of nitrogens with one attached hydrogen (secondary N) is 1. The van der Waals surface area contributed by atoms with E-state index < -0.39 is 0 Å². The van der Waals surface area contributed by atoms with Crippen molar-refractivity contribution in [2.45, 2.75) is 32.4 Å². The van der Waals surface area contributed by atoms with Crippen LogP contribution in [0.5, 0.6) is 0 Å². The first-order chi connectivity index (χ1) is 14.6. The number of halogens is 1. The van der Waals surface area contributed by atoms with Gasteiger partial charge >= 0.3 is 0 Å². The van der Waals surface area contributed by atoms with Crippen LogP contribution >= 0.6 is 24.0 Å². The van der Waals surface area contributed by atoms with Gasteiger partial charge in [-0.3, -0.25) is 14.7 Å². The molecule has 0 radical (unpaired) electrons. The van der Waals surface area contributed by atoms with Crippen molar-refractivity contribution >= 4 is 41.5 Å². The molecule has 6 nitrogen and oxygen atoms in total. The summed E-state index contributed by atoms with van der Waals surface area (Å²) in [5.41, 5.74) is 10.6. The number of rotatable bonds is 5. The number of nitrogens with zero attached hydrogens (tertiary/aromatic N) is 3. The maximum absolute atomic E-state index is 11.5. The molecular weight excluding hydrogens is 501 g/mol. The zero-order chi connectivity index (χ0) is 20.9. The van der Waals surface area contributed by atoms with E-state index in [9.17, 15) is 4.79 Å². The van der Waals surface area contributed by atoms with Gasteiger partial charge in [-0.1, -0.05) is 42.5 Å². The van der Waals surface area contributed by atoms with Crippen molar-refractivity contribution in [3.05, 3.63) is 65.2 Å². The molecule has 1 atom stereocenters. The smallest absolute Gasteiger partial charge is 0.221 e. The fraction of sp³-hybridized carbons (Fsp3) is 0.417. The van der Waals surface area contributed by atoms with Gasteiger partial charge < -0.3 is 16.0 Å². The molecule has 1 amide bonds. The Labute approximate surface area is 201 Å². The summed E-state index contributed by atoms with van der Waals surface area (Å²) in [5.74, 6) is 0.716. The Morgan fingerprint density at radius 1 is 1.16 bits per heavy atom. The van der Waals surface area contributed by atoms with Crippen LogP contribution in [0.15, 0.2) is 53.5 Å². The number of amides is 1. The molecule has 1 unspecified atom stereocenters. The first kappa shape index (κ1) is 23.5. The number of para-hydroxylation sites is 1. The topological polar surface area (TPSA) is 74.0 Å². The molecule has 1 fully saturated rings. The van der Waals surface area contributed by atoms with Crippen molar-refractivity contribution in [1.82, 2.24) is 10.2 Å². The van der Waals surface area contributed by atoms with Gasteiger partial charge in [0.1, 0.15) is 0 Å². The molecule has 0 bridgehead atoms. The maximum atomic E-state index is 11.5. The first-order valence-corrected chi connectivity index (χ1v) is 10.8. The van der Waals surface area contributed by atoms with E-state index in [1.807, 2.05) is 7.05 Å². The molecule has 2 heterocycles. The normalized spacial score (nSPS) is 18.9. The number of benzene rings is 2. The number of hydrogen-bond acceptors (Lipinski definition) is 3. The number of nitrogens with two attached hydrogens (primary N) is 1. The highest BCUT2D eigenvalue weighted by Gasteiger charge is 2.24. The Kier molecular flexibility index (Phi) is 8.31. The number of likely N-dealkylation sites (tertiary alicyclic amines) is 1. The molecule has 7 heteroatoms. The number of fused-ring (bicyclic) bond motifs is 1. The van der Waals surface area contributed by atoms with Crippen LogP contribution in [-0.4, -0.2) is 43.4 Å². The van der Waals surface area contributed by atoms with E-state index in [1.165, 1.54) is 22.4 Å². The van der Waals surface area contributed by atoms with Crippen molar-refractivity contribution < 1.29 is 4.79 Å². The number of guanidine groups is 1. The number of hydrogen-bond donors (Lipinski definition) is 2. The van der Waals surface area contributed by atoms with Gasteiger partial charge in [-0.15, -0.1) is 24.0 Å². The van der Waals surface area contributed by atoms with Crippen molar-refractivity contribution in [3.8, 4) is 0 Å². The highest BCUT2D eigenvalue weighted by atomic mass is 127. The summed E-state index contributed by atoms with van der Waals surface area (Å²) in [4.78, 5) is 20.6. The number of primary amides is 1. The first-order valence-electron chi connectivity index (χ1n) is 10.8. The predicted octanol–water partition coefficient (Wildman–Crippen LogP) is 3.14. The van der Waals surface area contributed by atoms with Gasteiger partial charge in [0.05, 0.1) is 5.92 Å². The van der Waals surface area contributed by atoms with Gasteiger partial charge in [-0.2, -0.15) is 0 Å². The number of aliphatic imine (C=N–C) groups is 1. The van der Waals surface area contributed by atoms with Crippen LogP contribution in [-0.2, 0) is 24.3 Å². The average molecular weight is 533 g/mol. The van der Waals surface area contributed by atoms with Crippen LogP contribution in [0.3, 0.4) is 0 Å². The summed E-state index contributed by atoms with van der Waals surface area (Å²) in [6.07, 6.45) is 2.99. The lowest BCUT2D eigenvalue weighted by molar-refractivity contribution is -0.123. The molecule has 1 saturated heterocycles. The fourth-order valence-corrected chi connectivity index (χ4v) is 4.56. The number of carbonyl (C=O) groups excluding carboxylic acids is 1. The molecule has 166 valence electrons. The molecule has 0 aromatic heterocycles. The third-order valence-electron chi connectivity index (χ3n) is 6.11. The molecule has 0 aliphatic carbocycles. The lowest BCUT2D eigenvalue weighted by atomic mass is 9.97. The lowest BCUT2D eigenvalue weighted by Crippen LogP contribution is -2.40. The quantitative estimate of drug-likeness (QED) is 0.352. The van der Waals surface area contributed by atoms with Gasteiger partial charge in [-0.25, -0.2) is 0 Å². The van der Waals surface area contributed by atoms with E-state index in [1.54, 1.807) is 0 Å². The largest absolute Gasteiger partial charge is 0.369 e. The van der Waals surface area contributed by atoms with Crippen LogP contribution in [0, 0.1) is 5.92 Å². The van der Waals surface area contributed by atoms with Crippen LogP contribution in [0.1, 0.15) is 29.5 Å². The number of anilines is 1. The SMILES string of the molecule is CN=C(NCc1cccc(CN2CCCC(C(N)=O)C2)c1)N1CCc2ccccc21.I. The van der Waals surface area contributed by atoms with Crippen molar-refractivity contribution in [3.63, 3.8) is 0 Å². The summed E-state index contributed by atoms with van der Waals surface area (Å²) < 4.78 is 0. The summed E-state index contributed by atoms with van der Waals surface area (Å²) in [7, 11) is 1.84. The van der Waals surface area contributed by atoms with Crippen LogP contribution in [0.2, 0.25) is 0 Å². The standard InChI is InChI=1S/C24H31N5O.HI/c1-26-24(29-13-11-20-8-2-3-10-22(20)29)27-15-18-6-4-7-19(14-18)16-28-12-5-9-21(17-28)23(25)30;/h2-4,6-8,10,14,21H,5,9,11-13,15-17H2,1H3,(H2,25,30)(H,26,27);1H. The van der Waals surface area contributed by atoms with Gasteiger partial charge in [0.2, 0.25) is 5.91 Å². The Morgan fingerprint density at radius 2 is 1.97 bits per heavy atom. The minimum Gasteiger partial charge on any atom is -0.369 e. The van der Waals surface area contributed by atoms with Crippen LogP contribution in [0.25, 0.3) is 0 Å². The monoisotopic (exact) mass is 533 g/mol. The zero-order valence-electron chi connectivity index (χ0n) is 18.1. The van der Waals surface area contributed by atoms with E-state index in [-0.39, 0.29) is 35.8 Å². The van der Waals surface area contributed by atoms with Gasteiger partial charge in [0, 0.05) is 38.9 Å². The molecule has 2 aliphatic rings. The summed E-state index contributed by atoms with van der Waals surface area (Å²) >= 11 is 0. The molecule has 0 saturated carbocycles. The maximum Gasteiger partial charge on any atom is 0.221 e. The van der Waals surface area contributed by atoms with E-state index in [2.05, 4.69) is 68.6 Å². The van der Waals surface area contributed by atoms with Crippen molar-refractivity contribution in [2.24, 2.45) is 16.6 Å². The predicted molar refractivity (Wildman–Crippen MR) is 137 cm³/mol. The highest BCUT2D eigenvalue weighted by molar-refractivity contribution is 14.0. The molecule has 0 spiro atoms. The molecule has 2 aromatic carbocycles. The van der Waals surface area contributed by atoms with E-state index in [0.29, 0.717) is 0 Å². The zero-order valence-corrected chi connectivity index (χ0v) is 20.4. The molecule has 3 N–H and O–H groups in total. The van der Waals surface area contributed by atoms with E-state index in [4.69, 9.17) is 5.73 Å². The Hall–Kier alpha value is -2.13. The van der Waals surface area contributed by atoms with Gasteiger partial charge in [0.15, 0.2) is 5.96 Å². The van der Waals surface area contributed by atoms with E-state index >= 15 is 0 Å². The third kappa shape index (κ3) is 5.77. The second kappa shape index (κ2) is 10.9. The Bertz CT molecular complexity index is 932. The summed E-state index contributed by atoms with van der Waals surface area (Å²) in [6, 6.07) is 17.2. The second-order valence-electron chi connectivity index (χ2n) is 8.23. The van der Waals surface area contributed by atoms with Gasteiger partial charge in [0.25, 0.3) is 0 Å². The molecular formula is C24H32IN5O. The number of carbonyl (C=O) groups is 1. The number of piperidine rings is 1. The summed E-state index contributed by atoms with van der Waals surface area (Å²) in [5, 5.41) is 3.52. The van der Waals surface area contributed by atoms with Gasteiger partial charge in [-0.05, 0) is 48.6 Å².